The molecule has 0 radical (unpaired) electrons. The van der Waals surface area contributed by atoms with Gasteiger partial charge in [-0.2, -0.15) is 21.7 Å². The van der Waals surface area contributed by atoms with Crippen LogP contribution in [0.25, 0.3) is 11.2 Å². The summed E-state index contributed by atoms with van der Waals surface area (Å²) in [5, 5.41) is 12.2. The number of anilines is 1. The number of thioether (sulfide) groups is 1. The Morgan fingerprint density at radius 3 is 2.31 bits per heavy atom. The summed E-state index contributed by atoms with van der Waals surface area (Å²) >= 11 is 1.90. The molecule has 17 nitrogen and oxygen atoms in total. The Labute approximate surface area is 302 Å². The fraction of sp³-hybridized carbons (Fsp3) is 0.697. The highest BCUT2D eigenvalue weighted by Gasteiger charge is 2.42. The highest BCUT2D eigenvalue weighted by atomic mass is 32.2. The minimum Gasteiger partial charge on any atom is -0.463 e. The van der Waals surface area contributed by atoms with Gasteiger partial charge < -0.3 is 55.7 Å². The number of H-pyrrole nitrogens is 1. The fourth-order valence-corrected chi connectivity index (χ4v) is 6.99. The van der Waals surface area contributed by atoms with Crippen LogP contribution < -0.4 is 31.7 Å². The number of unbranched alkanes of at least 4 members (excludes halogenated alkanes) is 3. The number of aromatic amines is 1. The van der Waals surface area contributed by atoms with E-state index in [1.54, 1.807) is 0 Å². The molecule has 4 amide bonds. The molecule has 4 rings (SSSR count). The lowest BCUT2D eigenvalue weighted by Crippen LogP contribution is -2.36. The minimum atomic E-state index is -0.0638. The Morgan fingerprint density at radius 1 is 0.843 bits per heavy atom. The van der Waals surface area contributed by atoms with Gasteiger partial charge in [0.25, 0.3) is 0 Å². The molecule has 18 heteroatoms. The number of carbonyl (C=O) groups excluding carboxylic acids is 3. The van der Waals surface area contributed by atoms with Gasteiger partial charge in [-0.05, 0) is 25.7 Å². The van der Waals surface area contributed by atoms with Gasteiger partial charge in [0.15, 0.2) is 17.8 Å². The number of nitrogens with two attached hydrogens (primary N) is 1. The number of imidazole rings is 1. The number of carbonyl (C=O) groups is 3. The smallest absolute Gasteiger partial charge is 0.315 e. The first kappa shape index (κ1) is 39.9. The first-order valence-electron chi connectivity index (χ1n) is 17.6. The number of ether oxygens (including phenoxy) is 5. The molecule has 0 aromatic carbocycles. The molecule has 2 aliphatic rings. The van der Waals surface area contributed by atoms with E-state index >= 15 is 0 Å². The number of rotatable bonds is 26. The predicted octanol–water partition coefficient (Wildman–Crippen LogP) is 0.902. The van der Waals surface area contributed by atoms with E-state index in [-0.39, 0.29) is 55.0 Å². The second-order valence-corrected chi connectivity index (χ2v) is 13.2. The molecule has 0 spiro atoms. The number of urea groups is 1. The van der Waals surface area contributed by atoms with Crippen LogP contribution >= 0.6 is 11.8 Å². The number of aromatic nitrogens is 4. The van der Waals surface area contributed by atoms with Gasteiger partial charge in [0.2, 0.25) is 23.6 Å². The molecule has 4 heterocycles. The summed E-state index contributed by atoms with van der Waals surface area (Å²) in [6, 6.07) is 0.396. The van der Waals surface area contributed by atoms with Crippen molar-refractivity contribution in [2.24, 2.45) is 0 Å². The van der Waals surface area contributed by atoms with E-state index in [1.807, 2.05) is 11.8 Å². The molecule has 2 aromatic heterocycles. The minimum absolute atomic E-state index is 0.00141. The molecular weight excluding hydrogens is 682 g/mol. The SMILES string of the molecule is Nc1nc(OCC#CCOCCOCCOCCOCCNC(=O)CCCCCNC(=O)CCCC[C@@H]2SC[C@@H]3NC(=O)N[C@@H]32)c2nc[nH]c2n1. The number of nitrogens with zero attached hydrogens (tertiary/aromatic N) is 3. The molecule has 2 fully saturated rings. The summed E-state index contributed by atoms with van der Waals surface area (Å²) in [4.78, 5) is 50.6. The number of nitrogen functional groups attached to an aromatic ring is 1. The van der Waals surface area contributed by atoms with Crippen molar-refractivity contribution in [2.45, 2.75) is 68.7 Å². The first-order valence-corrected chi connectivity index (χ1v) is 18.6. The monoisotopic (exact) mass is 733 g/mol. The highest BCUT2D eigenvalue weighted by Crippen LogP contribution is 2.33. The van der Waals surface area contributed by atoms with Crippen molar-refractivity contribution in [3.8, 4) is 17.7 Å². The normalized spacial score (nSPS) is 17.7. The summed E-state index contributed by atoms with van der Waals surface area (Å²) in [7, 11) is 0. The van der Waals surface area contributed by atoms with E-state index < -0.39 is 0 Å². The van der Waals surface area contributed by atoms with E-state index in [0.29, 0.717) is 88.6 Å². The van der Waals surface area contributed by atoms with Gasteiger partial charge in [0.1, 0.15) is 6.61 Å². The van der Waals surface area contributed by atoms with Gasteiger partial charge in [-0.3, -0.25) is 9.59 Å². The van der Waals surface area contributed by atoms with E-state index in [1.165, 1.54) is 6.33 Å². The van der Waals surface area contributed by atoms with Crippen molar-refractivity contribution in [1.82, 2.24) is 41.2 Å². The molecule has 0 aliphatic carbocycles. The van der Waals surface area contributed by atoms with Gasteiger partial charge in [0, 0.05) is 36.9 Å². The summed E-state index contributed by atoms with van der Waals surface area (Å²) < 4.78 is 27.4. The van der Waals surface area contributed by atoms with E-state index in [4.69, 9.17) is 29.4 Å². The predicted molar refractivity (Wildman–Crippen MR) is 191 cm³/mol. The molecule has 7 N–H and O–H groups in total. The summed E-state index contributed by atoms with van der Waals surface area (Å²) in [6.45, 7) is 4.45. The second kappa shape index (κ2) is 23.6. The average Bonchev–Trinajstić information content (AvgIpc) is 3.84. The van der Waals surface area contributed by atoms with E-state index in [9.17, 15) is 14.4 Å². The van der Waals surface area contributed by atoms with Gasteiger partial charge in [-0.25, -0.2) is 9.78 Å². The van der Waals surface area contributed by atoms with Crippen LogP contribution in [0.2, 0.25) is 0 Å². The van der Waals surface area contributed by atoms with Crippen LogP contribution in [0.15, 0.2) is 6.33 Å². The maximum atomic E-state index is 12.1. The number of nitrogens with one attached hydrogen (secondary N) is 5. The van der Waals surface area contributed by atoms with Crippen molar-refractivity contribution >= 4 is 46.7 Å². The van der Waals surface area contributed by atoms with Crippen molar-refractivity contribution in [1.29, 1.82) is 0 Å². The number of fused-ring (bicyclic) bond motifs is 2. The Bertz CT molecular complexity index is 1420. The zero-order valence-corrected chi connectivity index (χ0v) is 29.9. The average molecular weight is 734 g/mol. The summed E-state index contributed by atoms with van der Waals surface area (Å²) in [5.41, 5.74) is 6.65. The molecule has 51 heavy (non-hydrogen) atoms. The quantitative estimate of drug-likeness (QED) is 0.0450. The maximum Gasteiger partial charge on any atom is 0.315 e. The lowest BCUT2D eigenvalue weighted by atomic mass is 10.0. The Balaban J connectivity index is 0.825. The van der Waals surface area contributed by atoms with Gasteiger partial charge >= 0.3 is 6.03 Å². The molecule has 0 saturated carbocycles. The van der Waals surface area contributed by atoms with Gasteiger partial charge in [-0.1, -0.05) is 24.7 Å². The summed E-state index contributed by atoms with van der Waals surface area (Å²) in [6.07, 6.45) is 7.81. The van der Waals surface area contributed by atoms with Crippen LogP contribution in [-0.2, 0) is 28.5 Å². The topological polar surface area (TPSA) is 226 Å². The molecule has 2 saturated heterocycles. The molecule has 0 unspecified atom stereocenters. The zero-order chi connectivity index (χ0) is 35.9. The molecular formula is C33H51N9O8S. The summed E-state index contributed by atoms with van der Waals surface area (Å²) in [5.74, 6) is 7.10. The maximum absolute atomic E-state index is 12.1. The van der Waals surface area contributed by atoms with Crippen molar-refractivity contribution in [2.75, 3.05) is 84.0 Å². The Morgan fingerprint density at radius 2 is 1.53 bits per heavy atom. The number of hydrogen-bond donors (Lipinski definition) is 6. The lowest BCUT2D eigenvalue weighted by Gasteiger charge is -2.16. The lowest BCUT2D eigenvalue weighted by molar-refractivity contribution is -0.122. The Kier molecular flexibility index (Phi) is 18.4. The van der Waals surface area contributed by atoms with Gasteiger partial charge in [-0.15, -0.1) is 0 Å². The fourth-order valence-electron chi connectivity index (χ4n) is 5.44. The molecule has 2 aromatic rings. The molecule has 0 bridgehead atoms. The van der Waals surface area contributed by atoms with Crippen molar-refractivity contribution in [3.63, 3.8) is 0 Å². The zero-order valence-electron chi connectivity index (χ0n) is 29.0. The number of hydrogen-bond acceptors (Lipinski definition) is 13. The molecule has 282 valence electrons. The molecule has 2 aliphatic heterocycles. The van der Waals surface area contributed by atoms with Crippen LogP contribution in [0, 0.1) is 11.8 Å². The third-order valence-electron chi connectivity index (χ3n) is 8.01. The van der Waals surface area contributed by atoms with Gasteiger partial charge in [0.05, 0.1) is 64.7 Å². The third kappa shape index (κ3) is 15.5. The van der Waals surface area contributed by atoms with Crippen LogP contribution in [0.4, 0.5) is 10.7 Å². The van der Waals surface area contributed by atoms with E-state index in [2.05, 4.69) is 53.0 Å². The number of amides is 4. The van der Waals surface area contributed by atoms with Crippen molar-refractivity contribution < 1.29 is 38.1 Å². The standard InChI is InChI=1S/C33H51N9O8S/c34-32-41-30-29(37-23-38-30)31(42-32)50-14-7-6-13-46-16-18-48-20-21-49-19-17-47-15-12-36-27(44)9-2-1-5-11-35-26(43)10-4-3-8-25-28-24(22-51-25)39-33(45)40-28/h23-25,28H,1-5,8-22H2,(H,35,43)(H,36,44)(H2,39,40,45)(H3,34,37,38,41,42)/t24-,25-,28-/m0/s1. The second-order valence-electron chi connectivity index (χ2n) is 11.9. The van der Waals surface area contributed by atoms with E-state index in [0.717, 1.165) is 44.3 Å². The highest BCUT2D eigenvalue weighted by molar-refractivity contribution is 8.00. The first-order chi connectivity index (χ1) is 25.0. The largest absolute Gasteiger partial charge is 0.463 e. The molecule has 3 atom stereocenters. The van der Waals surface area contributed by atoms with Crippen molar-refractivity contribution in [3.05, 3.63) is 6.33 Å². The van der Waals surface area contributed by atoms with Crippen LogP contribution in [-0.4, -0.2) is 133 Å². The van der Waals surface area contributed by atoms with Crippen LogP contribution in [0.5, 0.6) is 5.88 Å². The Hall–Kier alpha value is -3.89. The van der Waals surface area contributed by atoms with Crippen LogP contribution in [0.3, 0.4) is 0 Å². The third-order valence-corrected chi connectivity index (χ3v) is 9.52. The van der Waals surface area contributed by atoms with Crippen LogP contribution in [0.1, 0.15) is 51.4 Å².